The van der Waals surface area contributed by atoms with Crippen molar-refractivity contribution in [3.8, 4) is 0 Å². The van der Waals surface area contributed by atoms with Crippen molar-refractivity contribution in [3.63, 3.8) is 0 Å². The molecule has 8 heteroatoms. The minimum absolute atomic E-state index is 0.364. The molecule has 0 unspecified atom stereocenters. The van der Waals surface area contributed by atoms with Crippen molar-refractivity contribution in [2.24, 2.45) is 0 Å². The molecule has 3 rings (SSSR count). The molecule has 0 saturated heterocycles. The summed E-state index contributed by atoms with van der Waals surface area (Å²) in [5.74, 6) is 0. The highest BCUT2D eigenvalue weighted by molar-refractivity contribution is 9.10. The Kier molecular flexibility index (Phi) is 3.92. The van der Waals surface area contributed by atoms with Crippen LogP contribution in [0.4, 0.5) is 0 Å². The van der Waals surface area contributed by atoms with Gasteiger partial charge < -0.3 is 4.57 Å². The number of nitrogens with zero attached hydrogens (tertiary/aromatic N) is 3. The highest BCUT2D eigenvalue weighted by Crippen LogP contribution is 2.19. The van der Waals surface area contributed by atoms with Crippen LogP contribution in [0.15, 0.2) is 38.6 Å². The monoisotopic (exact) mass is 382 g/mol. The summed E-state index contributed by atoms with van der Waals surface area (Å²) >= 11 is 9.24. The van der Waals surface area contributed by atoms with Gasteiger partial charge in [-0.1, -0.05) is 23.7 Å². The summed E-state index contributed by atoms with van der Waals surface area (Å²) in [6.07, 6.45) is 0. The van der Waals surface area contributed by atoms with E-state index in [4.69, 9.17) is 11.6 Å². The molecule has 0 aliphatic rings. The fourth-order valence-corrected chi connectivity index (χ4v) is 2.95. The van der Waals surface area contributed by atoms with Gasteiger partial charge in [-0.05, 0) is 40.5 Å². The lowest BCUT2D eigenvalue weighted by Crippen LogP contribution is -2.30. The van der Waals surface area contributed by atoms with Crippen LogP contribution in [0.5, 0.6) is 0 Å². The predicted octanol–water partition coefficient (Wildman–Crippen LogP) is 2.37. The van der Waals surface area contributed by atoms with E-state index in [1.807, 2.05) is 19.1 Å². The molecule has 0 amide bonds. The average molecular weight is 384 g/mol. The Bertz CT molecular complexity index is 956. The van der Waals surface area contributed by atoms with E-state index in [9.17, 15) is 9.59 Å². The van der Waals surface area contributed by atoms with Gasteiger partial charge in [-0.15, -0.1) is 0 Å². The number of aromatic nitrogens is 4. The van der Waals surface area contributed by atoms with E-state index in [0.29, 0.717) is 34.0 Å². The van der Waals surface area contributed by atoms with Crippen LogP contribution in [0.1, 0.15) is 12.5 Å². The molecule has 2 heterocycles. The van der Waals surface area contributed by atoms with Gasteiger partial charge in [0.2, 0.25) is 0 Å². The number of aromatic amines is 1. The van der Waals surface area contributed by atoms with Crippen LogP contribution in [-0.4, -0.2) is 19.1 Å². The van der Waals surface area contributed by atoms with Crippen molar-refractivity contribution < 1.29 is 0 Å². The van der Waals surface area contributed by atoms with Crippen LogP contribution in [0.25, 0.3) is 11.2 Å². The zero-order chi connectivity index (χ0) is 15.9. The molecular formula is C14H12BrClN4O2. The largest absolute Gasteiger partial charge is 0.330 e. The molecule has 0 bridgehead atoms. The summed E-state index contributed by atoms with van der Waals surface area (Å²) in [4.78, 5) is 30.7. The highest BCUT2D eigenvalue weighted by atomic mass is 79.9. The van der Waals surface area contributed by atoms with Crippen LogP contribution in [0.3, 0.4) is 0 Å². The number of nitrogens with one attached hydrogen (secondary N) is 1. The zero-order valence-corrected chi connectivity index (χ0v) is 14.0. The third-order valence-corrected chi connectivity index (χ3v) is 4.27. The number of fused-ring (bicyclic) bond motifs is 1. The molecule has 0 fully saturated rings. The Morgan fingerprint density at radius 3 is 2.55 bits per heavy atom. The lowest BCUT2D eigenvalue weighted by Gasteiger charge is -2.06. The van der Waals surface area contributed by atoms with Gasteiger partial charge in [0, 0.05) is 11.6 Å². The Hall–Kier alpha value is -1.86. The first kappa shape index (κ1) is 15.1. The van der Waals surface area contributed by atoms with Crippen LogP contribution in [0, 0.1) is 0 Å². The minimum Gasteiger partial charge on any atom is -0.308 e. The standard InChI is InChI=1S/C14H12BrClN4O2/c1-2-19-11-10(12(21)18-14(19)22)20(13(15)17-11)7-8-3-5-9(16)6-4-8/h3-6H,2,7H2,1H3,(H,18,21,22). The lowest BCUT2D eigenvalue weighted by molar-refractivity contribution is 0.717. The van der Waals surface area contributed by atoms with Crippen LogP contribution in [-0.2, 0) is 13.1 Å². The van der Waals surface area contributed by atoms with Crippen molar-refractivity contribution in [2.75, 3.05) is 0 Å². The van der Waals surface area contributed by atoms with Gasteiger partial charge in [0.05, 0.1) is 6.54 Å². The zero-order valence-electron chi connectivity index (χ0n) is 11.6. The molecule has 0 atom stereocenters. The summed E-state index contributed by atoms with van der Waals surface area (Å²) in [5, 5.41) is 0.649. The first-order valence-electron chi connectivity index (χ1n) is 6.64. The maximum absolute atomic E-state index is 12.2. The van der Waals surface area contributed by atoms with Gasteiger partial charge in [0.1, 0.15) is 0 Å². The summed E-state index contributed by atoms with van der Waals surface area (Å²) in [6.45, 7) is 2.70. The Balaban J connectivity index is 2.22. The molecule has 0 radical (unpaired) electrons. The van der Waals surface area contributed by atoms with E-state index in [1.165, 1.54) is 4.57 Å². The van der Waals surface area contributed by atoms with E-state index in [0.717, 1.165) is 5.56 Å². The first-order chi connectivity index (χ1) is 10.5. The number of hydrogen-bond acceptors (Lipinski definition) is 3. The first-order valence-corrected chi connectivity index (χ1v) is 7.81. The topological polar surface area (TPSA) is 72.7 Å². The summed E-state index contributed by atoms with van der Waals surface area (Å²) in [6, 6.07) is 7.33. The average Bonchev–Trinajstić information content (AvgIpc) is 2.79. The van der Waals surface area contributed by atoms with Crippen LogP contribution < -0.4 is 11.2 Å². The van der Waals surface area contributed by atoms with Gasteiger partial charge in [-0.25, -0.2) is 9.78 Å². The van der Waals surface area contributed by atoms with Crippen molar-refractivity contribution in [1.82, 2.24) is 19.1 Å². The van der Waals surface area contributed by atoms with E-state index >= 15 is 0 Å². The Labute approximate surface area is 138 Å². The lowest BCUT2D eigenvalue weighted by atomic mass is 10.2. The maximum Gasteiger partial charge on any atom is 0.330 e. The predicted molar refractivity (Wildman–Crippen MR) is 88.5 cm³/mol. The summed E-state index contributed by atoms with van der Waals surface area (Å²) < 4.78 is 3.65. The number of aryl methyl sites for hydroxylation is 1. The third-order valence-electron chi connectivity index (χ3n) is 3.41. The maximum atomic E-state index is 12.2. The normalized spacial score (nSPS) is 11.2. The molecular weight excluding hydrogens is 372 g/mol. The van der Waals surface area contributed by atoms with Gasteiger partial charge >= 0.3 is 5.69 Å². The molecule has 3 aromatic rings. The fourth-order valence-electron chi connectivity index (χ4n) is 2.36. The summed E-state index contributed by atoms with van der Waals surface area (Å²) in [5.41, 5.74) is 0.805. The number of halogens is 2. The van der Waals surface area contributed by atoms with E-state index in [1.54, 1.807) is 16.7 Å². The highest BCUT2D eigenvalue weighted by Gasteiger charge is 2.16. The minimum atomic E-state index is -0.455. The quantitative estimate of drug-likeness (QED) is 0.706. The molecule has 0 aliphatic carbocycles. The number of hydrogen-bond donors (Lipinski definition) is 1. The van der Waals surface area contributed by atoms with Crippen LogP contribution >= 0.6 is 27.5 Å². The summed E-state index contributed by atoms with van der Waals surface area (Å²) in [7, 11) is 0. The number of H-pyrrole nitrogens is 1. The molecule has 114 valence electrons. The number of benzene rings is 1. The molecule has 0 saturated carbocycles. The molecule has 0 aliphatic heterocycles. The van der Waals surface area contributed by atoms with E-state index in [2.05, 4.69) is 25.9 Å². The van der Waals surface area contributed by atoms with Crippen LogP contribution in [0.2, 0.25) is 5.02 Å². The van der Waals surface area contributed by atoms with E-state index < -0.39 is 11.2 Å². The van der Waals surface area contributed by atoms with E-state index in [-0.39, 0.29) is 0 Å². The SMILES string of the molecule is CCn1c(=O)[nH]c(=O)c2c1nc(Br)n2Cc1ccc(Cl)cc1. The van der Waals surface area contributed by atoms with Crippen molar-refractivity contribution in [2.45, 2.75) is 20.0 Å². The molecule has 6 nitrogen and oxygen atoms in total. The van der Waals surface area contributed by atoms with Gasteiger partial charge in [0.25, 0.3) is 5.56 Å². The second kappa shape index (κ2) is 5.73. The fraction of sp³-hybridized carbons (Fsp3) is 0.214. The molecule has 22 heavy (non-hydrogen) atoms. The van der Waals surface area contributed by atoms with Gasteiger partial charge in [0.15, 0.2) is 15.9 Å². The Morgan fingerprint density at radius 1 is 1.23 bits per heavy atom. The van der Waals surface area contributed by atoms with Crippen molar-refractivity contribution in [1.29, 1.82) is 0 Å². The second-order valence-corrected chi connectivity index (χ2v) is 5.91. The number of imidazole rings is 1. The second-order valence-electron chi connectivity index (χ2n) is 4.77. The van der Waals surface area contributed by atoms with Crippen molar-refractivity contribution >= 4 is 38.7 Å². The van der Waals surface area contributed by atoms with Gasteiger partial charge in [-0.2, -0.15) is 0 Å². The smallest absolute Gasteiger partial charge is 0.308 e. The van der Waals surface area contributed by atoms with Gasteiger partial charge in [-0.3, -0.25) is 14.3 Å². The molecule has 1 N–H and O–H groups in total. The molecule has 1 aromatic carbocycles. The Morgan fingerprint density at radius 2 is 1.91 bits per heavy atom. The molecule has 2 aromatic heterocycles. The van der Waals surface area contributed by atoms with Crippen molar-refractivity contribution in [3.05, 3.63) is 60.4 Å². The third kappa shape index (κ3) is 2.50. The molecule has 0 spiro atoms. The number of rotatable bonds is 3.